The number of H-pyrrole nitrogens is 1. The van der Waals surface area contributed by atoms with E-state index in [4.69, 9.17) is 23.7 Å². The highest BCUT2D eigenvalue weighted by Gasteiger charge is 2.50. The van der Waals surface area contributed by atoms with Crippen LogP contribution in [-0.4, -0.2) is 83.1 Å². The third kappa shape index (κ3) is 9.35. The number of hydrogen-bond acceptors (Lipinski definition) is 9. The van der Waals surface area contributed by atoms with Crippen molar-refractivity contribution < 1.29 is 38.1 Å². The smallest absolute Gasteiger partial charge is 0.497 e. The summed E-state index contributed by atoms with van der Waals surface area (Å²) in [5.74, 6) is 0.676. The van der Waals surface area contributed by atoms with E-state index in [1.54, 1.807) is 73.2 Å². The predicted molar refractivity (Wildman–Crippen MR) is 145 cm³/mol. The summed E-state index contributed by atoms with van der Waals surface area (Å²) in [4.78, 5) is 40.3. The molecule has 1 aliphatic heterocycles. The molecule has 220 valence electrons. The molecule has 1 aliphatic rings. The van der Waals surface area contributed by atoms with Crippen molar-refractivity contribution in [1.29, 1.82) is 0 Å². The minimum Gasteiger partial charge on any atom is -0.497 e. The van der Waals surface area contributed by atoms with Crippen LogP contribution >= 0.6 is 0 Å². The van der Waals surface area contributed by atoms with E-state index in [9.17, 15) is 14.4 Å². The normalized spacial score (nSPS) is 19.1. The van der Waals surface area contributed by atoms with Gasteiger partial charge in [0.25, 0.3) is 0 Å². The zero-order chi connectivity index (χ0) is 29.5. The fourth-order valence-electron chi connectivity index (χ4n) is 4.16. The summed E-state index contributed by atoms with van der Waals surface area (Å²) in [5.41, 5.74) is 0.197. The predicted octanol–water partition coefficient (Wildman–Crippen LogP) is 4.24. The van der Waals surface area contributed by atoms with Crippen LogP contribution in [0.5, 0.6) is 5.75 Å². The molecule has 0 radical (unpaired) electrons. The Labute approximate surface area is 234 Å². The van der Waals surface area contributed by atoms with Gasteiger partial charge < -0.3 is 29.0 Å². The lowest BCUT2D eigenvalue weighted by Crippen LogP contribution is -2.46. The first-order chi connectivity index (χ1) is 18.7. The number of aromatic amines is 1. The van der Waals surface area contributed by atoms with Crippen molar-refractivity contribution in [2.75, 3.05) is 20.2 Å². The van der Waals surface area contributed by atoms with E-state index in [0.29, 0.717) is 25.1 Å². The standard InChI is InChI=1S/C28H40N4O8/c1-27(2,3)39-25(34)32-17-22(37-26(35)40-28(4,5)6)23(21(32)14-18-8-10-20(36-7)11-9-18)38-24(33)29-13-12-19-15-30-31-16-19/h8-11,15-16,21-23H,12-14,17H2,1-7H3,(H,29,33)(H,30,31)/t21-,22+,23+/m1/s1. The lowest BCUT2D eigenvalue weighted by atomic mass is 10.0. The zero-order valence-electron chi connectivity index (χ0n) is 24.2. The Bertz CT molecular complexity index is 1120. The van der Waals surface area contributed by atoms with Crippen LogP contribution in [0, 0.1) is 0 Å². The molecule has 1 aromatic carbocycles. The molecule has 12 nitrogen and oxygen atoms in total. The van der Waals surface area contributed by atoms with Gasteiger partial charge in [0.05, 0.1) is 25.9 Å². The van der Waals surface area contributed by atoms with Gasteiger partial charge in [0.15, 0.2) is 12.2 Å². The number of aromatic nitrogens is 2. The molecule has 2 N–H and O–H groups in total. The maximum absolute atomic E-state index is 13.3. The molecular weight excluding hydrogens is 520 g/mol. The Balaban J connectivity index is 1.86. The first kappa shape index (κ1) is 30.6. The summed E-state index contributed by atoms with van der Waals surface area (Å²) in [7, 11) is 1.57. The molecule has 0 spiro atoms. The van der Waals surface area contributed by atoms with E-state index in [2.05, 4.69) is 15.5 Å². The summed E-state index contributed by atoms with van der Waals surface area (Å²) in [6.45, 7) is 10.7. The number of hydrogen-bond donors (Lipinski definition) is 2. The Hall–Kier alpha value is -3.96. The third-order valence-electron chi connectivity index (χ3n) is 5.87. The fraction of sp³-hybridized carbons (Fsp3) is 0.571. The molecule has 0 saturated carbocycles. The number of nitrogens with zero attached hydrogens (tertiary/aromatic N) is 2. The van der Waals surface area contributed by atoms with E-state index in [0.717, 1.165) is 11.1 Å². The van der Waals surface area contributed by atoms with Gasteiger partial charge in [-0.2, -0.15) is 5.10 Å². The number of benzene rings is 1. The second-order valence-electron chi connectivity index (χ2n) is 11.5. The summed E-state index contributed by atoms with van der Waals surface area (Å²) < 4.78 is 27.7. The van der Waals surface area contributed by atoms with Crippen LogP contribution in [0.3, 0.4) is 0 Å². The van der Waals surface area contributed by atoms with Gasteiger partial charge in [-0.05, 0) is 77.6 Å². The van der Waals surface area contributed by atoms with Crippen LogP contribution in [0.2, 0.25) is 0 Å². The van der Waals surface area contributed by atoms with E-state index in [1.165, 1.54) is 4.90 Å². The lowest BCUT2D eigenvalue weighted by molar-refractivity contribution is -0.0517. The number of carbonyl (C=O) groups excluding carboxylic acids is 3. The van der Waals surface area contributed by atoms with Crippen molar-refractivity contribution >= 4 is 18.3 Å². The monoisotopic (exact) mass is 560 g/mol. The molecule has 0 bridgehead atoms. The molecule has 1 saturated heterocycles. The summed E-state index contributed by atoms with van der Waals surface area (Å²) in [5, 5.41) is 9.33. The Morgan fingerprint density at radius 3 is 2.25 bits per heavy atom. The van der Waals surface area contributed by atoms with Crippen LogP contribution < -0.4 is 10.1 Å². The molecular formula is C28H40N4O8. The van der Waals surface area contributed by atoms with Gasteiger partial charge >= 0.3 is 18.3 Å². The average molecular weight is 561 g/mol. The highest BCUT2D eigenvalue weighted by atomic mass is 16.7. The van der Waals surface area contributed by atoms with Gasteiger partial charge in [0.2, 0.25) is 0 Å². The van der Waals surface area contributed by atoms with E-state index in [1.807, 2.05) is 12.1 Å². The molecule has 0 aliphatic carbocycles. The Morgan fingerprint density at radius 2 is 1.68 bits per heavy atom. The van der Waals surface area contributed by atoms with Gasteiger partial charge in [-0.3, -0.25) is 10.00 Å². The molecule has 2 amide bonds. The van der Waals surface area contributed by atoms with Crippen LogP contribution in [0.1, 0.15) is 52.7 Å². The summed E-state index contributed by atoms with van der Waals surface area (Å²) >= 11 is 0. The van der Waals surface area contributed by atoms with Gasteiger partial charge in [0.1, 0.15) is 17.0 Å². The van der Waals surface area contributed by atoms with Gasteiger partial charge in [0, 0.05) is 12.7 Å². The van der Waals surface area contributed by atoms with Crippen molar-refractivity contribution in [3.63, 3.8) is 0 Å². The second kappa shape index (κ2) is 12.9. The van der Waals surface area contributed by atoms with Gasteiger partial charge in [-0.1, -0.05) is 12.1 Å². The summed E-state index contributed by atoms with van der Waals surface area (Å²) in [6.07, 6.45) is -0.0247. The van der Waals surface area contributed by atoms with Gasteiger partial charge in [-0.15, -0.1) is 0 Å². The average Bonchev–Trinajstić information content (AvgIpc) is 3.46. The number of methoxy groups -OCH3 is 1. The molecule has 40 heavy (non-hydrogen) atoms. The molecule has 2 aromatic rings. The highest BCUT2D eigenvalue weighted by Crippen LogP contribution is 2.30. The minimum absolute atomic E-state index is 0.0536. The van der Waals surface area contributed by atoms with Gasteiger partial charge in [-0.25, -0.2) is 14.4 Å². The molecule has 3 atom stereocenters. The topological polar surface area (TPSA) is 141 Å². The number of alkyl carbamates (subject to hydrolysis) is 1. The molecule has 3 rings (SSSR count). The van der Waals surface area contributed by atoms with Crippen LogP contribution in [0.4, 0.5) is 14.4 Å². The fourth-order valence-corrected chi connectivity index (χ4v) is 4.16. The molecule has 1 aromatic heterocycles. The number of likely N-dealkylation sites (tertiary alicyclic amines) is 1. The largest absolute Gasteiger partial charge is 0.509 e. The van der Waals surface area contributed by atoms with Crippen LogP contribution in [-0.2, 0) is 31.8 Å². The van der Waals surface area contributed by atoms with Crippen LogP contribution in [0.25, 0.3) is 0 Å². The SMILES string of the molecule is COc1ccc(C[C@@H]2[C@H](OC(=O)NCCc3cn[nH]c3)[C@@H](OC(=O)OC(C)(C)C)CN2C(=O)OC(C)(C)C)cc1. The third-order valence-corrected chi connectivity index (χ3v) is 5.87. The number of carbonyl (C=O) groups is 3. The van der Waals surface area contributed by atoms with Crippen molar-refractivity contribution in [3.05, 3.63) is 47.8 Å². The van der Waals surface area contributed by atoms with Crippen molar-refractivity contribution in [2.45, 2.75) is 83.8 Å². The van der Waals surface area contributed by atoms with Crippen molar-refractivity contribution in [1.82, 2.24) is 20.4 Å². The highest BCUT2D eigenvalue weighted by molar-refractivity contribution is 5.71. The summed E-state index contributed by atoms with van der Waals surface area (Å²) in [6, 6.07) is 6.62. The Kier molecular flexibility index (Phi) is 9.88. The van der Waals surface area contributed by atoms with E-state index >= 15 is 0 Å². The first-order valence-corrected chi connectivity index (χ1v) is 13.2. The molecule has 1 fully saturated rings. The molecule has 0 unspecified atom stereocenters. The van der Waals surface area contributed by atoms with E-state index in [-0.39, 0.29) is 6.54 Å². The second-order valence-corrected chi connectivity index (χ2v) is 11.5. The Morgan fingerprint density at radius 1 is 1.00 bits per heavy atom. The first-order valence-electron chi connectivity index (χ1n) is 13.2. The number of rotatable bonds is 8. The van der Waals surface area contributed by atoms with Crippen molar-refractivity contribution in [3.8, 4) is 5.75 Å². The minimum atomic E-state index is -1.00. The van der Waals surface area contributed by atoms with E-state index < -0.39 is 47.8 Å². The number of nitrogens with one attached hydrogen (secondary N) is 2. The maximum atomic E-state index is 13.3. The molecule has 2 heterocycles. The number of ether oxygens (including phenoxy) is 5. The maximum Gasteiger partial charge on any atom is 0.509 e. The number of amides is 2. The van der Waals surface area contributed by atoms with Crippen LogP contribution in [0.15, 0.2) is 36.7 Å². The zero-order valence-corrected chi connectivity index (χ0v) is 24.2. The quantitative estimate of drug-likeness (QED) is 0.358. The van der Waals surface area contributed by atoms with Crippen molar-refractivity contribution in [2.24, 2.45) is 0 Å². The molecule has 12 heteroatoms. The lowest BCUT2D eigenvalue weighted by Gasteiger charge is -2.30.